The minimum absolute atomic E-state index is 0.0759. The van der Waals surface area contributed by atoms with Gasteiger partial charge in [-0.2, -0.15) is 0 Å². The zero-order chi connectivity index (χ0) is 17.2. The number of thiophene rings is 1. The van der Waals surface area contributed by atoms with Crippen molar-refractivity contribution in [2.45, 2.75) is 17.6 Å². The molecule has 24 heavy (non-hydrogen) atoms. The third-order valence-electron chi connectivity index (χ3n) is 3.67. The van der Waals surface area contributed by atoms with Crippen LogP contribution in [0.1, 0.15) is 11.8 Å². The summed E-state index contributed by atoms with van der Waals surface area (Å²) in [5, 5.41) is 0. The second-order valence-electron chi connectivity index (χ2n) is 5.32. The quantitative estimate of drug-likeness (QED) is 0.882. The molecule has 2 aromatic rings. The SMILES string of the molecule is CCc1ccc(S(=O)(=O)Nc2ccc(N3CCOCC3=O)cc2)s1. The average Bonchev–Trinajstić information content (AvgIpc) is 3.06. The molecular formula is C16H18N2O4S2. The number of nitrogens with zero attached hydrogens (tertiary/aromatic N) is 1. The van der Waals surface area contributed by atoms with Gasteiger partial charge >= 0.3 is 0 Å². The van der Waals surface area contributed by atoms with Gasteiger partial charge in [0.2, 0.25) is 0 Å². The van der Waals surface area contributed by atoms with Gasteiger partial charge in [-0.15, -0.1) is 11.3 Å². The van der Waals surface area contributed by atoms with Crippen molar-refractivity contribution >= 4 is 38.6 Å². The van der Waals surface area contributed by atoms with Crippen LogP contribution in [-0.4, -0.2) is 34.1 Å². The Morgan fingerprint density at radius 3 is 2.58 bits per heavy atom. The van der Waals surface area contributed by atoms with Crippen LogP contribution >= 0.6 is 11.3 Å². The van der Waals surface area contributed by atoms with Gasteiger partial charge in [0, 0.05) is 22.8 Å². The number of carbonyl (C=O) groups is 1. The van der Waals surface area contributed by atoms with Gasteiger partial charge in [-0.05, 0) is 42.8 Å². The fourth-order valence-corrected chi connectivity index (χ4v) is 4.75. The van der Waals surface area contributed by atoms with Crippen LogP contribution in [0.25, 0.3) is 0 Å². The van der Waals surface area contributed by atoms with Crippen molar-refractivity contribution in [1.82, 2.24) is 0 Å². The van der Waals surface area contributed by atoms with Crippen molar-refractivity contribution in [3.05, 3.63) is 41.3 Å². The monoisotopic (exact) mass is 366 g/mol. The molecule has 0 spiro atoms. The van der Waals surface area contributed by atoms with Crippen molar-refractivity contribution in [3.63, 3.8) is 0 Å². The molecule has 0 aliphatic carbocycles. The summed E-state index contributed by atoms with van der Waals surface area (Å²) in [6, 6.07) is 10.2. The molecule has 1 N–H and O–H groups in total. The normalized spacial score (nSPS) is 15.5. The number of ether oxygens (including phenoxy) is 1. The Morgan fingerprint density at radius 1 is 1.21 bits per heavy atom. The predicted octanol–water partition coefficient (Wildman–Crippen LogP) is 2.47. The molecule has 0 atom stereocenters. The lowest BCUT2D eigenvalue weighted by Crippen LogP contribution is -2.41. The number of hydrogen-bond donors (Lipinski definition) is 1. The number of amides is 1. The van der Waals surface area contributed by atoms with Gasteiger partial charge in [0.1, 0.15) is 10.8 Å². The van der Waals surface area contributed by atoms with Gasteiger partial charge in [0.15, 0.2) is 0 Å². The summed E-state index contributed by atoms with van der Waals surface area (Å²) in [7, 11) is -3.58. The fourth-order valence-electron chi connectivity index (χ4n) is 2.40. The van der Waals surface area contributed by atoms with Crippen LogP contribution in [0, 0.1) is 0 Å². The highest BCUT2D eigenvalue weighted by molar-refractivity contribution is 7.94. The van der Waals surface area contributed by atoms with Crippen molar-refractivity contribution in [2.75, 3.05) is 29.4 Å². The zero-order valence-corrected chi connectivity index (χ0v) is 14.8. The van der Waals surface area contributed by atoms with Gasteiger partial charge in [-0.25, -0.2) is 8.42 Å². The Labute approximate surface area is 145 Å². The van der Waals surface area contributed by atoms with Crippen LogP contribution in [0.15, 0.2) is 40.6 Å². The molecule has 1 aromatic heterocycles. The summed E-state index contributed by atoms with van der Waals surface area (Å²) in [5.41, 5.74) is 1.20. The van der Waals surface area contributed by atoms with Crippen LogP contribution < -0.4 is 9.62 Å². The Kier molecular flexibility index (Phi) is 4.88. The molecule has 1 amide bonds. The summed E-state index contributed by atoms with van der Waals surface area (Å²) in [6.07, 6.45) is 0.808. The Hall–Kier alpha value is -1.90. The number of morpholine rings is 1. The smallest absolute Gasteiger partial charge is 0.271 e. The molecule has 1 saturated heterocycles. The summed E-state index contributed by atoms with van der Waals surface area (Å²) >= 11 is 1.27. The molecule has 2 heterocycles. The molecule has 8 heteroatoms. The highest BCUT2D eigenvalue weighted by Crippen LogP contribution is 2.26. The number of rotatable bonds is 5. The minimum atomic E-state index is -3.58. The third kappa shape index (κ3) is 3.61. The second kappa shape index (κ2) is 6.92. The lowest BCUT2D eigenvalue weighted by molar-refractivity contribution is -0.125. The largest absolute Gasteiger partial charge is 0.370 e. The maximum absolute atomic E-state index is 12.4. The maximum atomic E-state index is 12.4. The van der Waals surface area contributed by atoms with E-state index in [0.29, 0.717) is 23.0 Å². The Bertz CT molecular complexity index is 828. The van der Waals surface area contributed by atoms with Gasteiger partial charge in [0.25, 0.3) is 15.9 Å². The van der Waals surface area contributed by atoms with Crippen LogP contribution in [-0.2, 0) is 26.0 Å². The molecular weight excluding hydrogens is 348 g/mol. The van der Waals surface area contributed by atoms with Crippen LogP contribution in [0.3, 0.4) is 0 Å². The number of carbonyl (C=O) groups excluding carboxylic acids is 1. The molecule has 128 valence electrons. The Balaban J connectivity index is 1.75. The highest BCUT2D eigenvalue weighted by Gasteiger charge is 2.21. The number of aryl methyl sites for hydroxylation is 1. The molecule has 1 aromatic carbocycles. The van der Waals surface area contributed by atoms with Crippen LogP contribution in [0.4, 0.5) is 11.4 Å². The topological polar surface area (TPSA) is 75.7 Å². The summed E-state index contributed by atoms with van der Waals surface area (Å²) in [4.78, 5) is 14.5. The summed E-state index contributed by atoms with van der Waals surface area (Å²) in [6.45, 7) is 3.06. The molecule has 1 aliphatic heterocycles. The lowest BCUT2D eigenvalue weighted by Gasteiger charge is -2.26. The number of benzene rings is 1. The van der Waals surface area contributed by atoms with Crippen molar-refractivity contribution in [3.8, 4) is 0 Å². The molecule has 1 aliphatic rings. The predicted molar refractivity (Wildman–Crippen MR) is 94.1 cm³/mol. The van der Waals surface area contributed by atoms with E-state index >= 15 is 0 Å². The van der Waals surface area contributed by atoms with E-state index in [4.69, 9.17) is 4.74 Å². The second-order valence-corrected chi connectivity index (χ2v) is 8.40. The lowest BCUT2D eigenvalue weighted by atomic mass is 10.2. The van der Waals surface area contributed by atoms with Gasteiger partial charge in [0.05, 0.1) is 6.61 Å². The number of nitrogens with one attached hydrogen (secondary N) is 1. The van der Waals surface area contributed by atoms with Gasteiger partial charge in [-0.1, -0.05) is 6.92 Å². The third-order valence-corrected chi connectivity index (χ3v) is 6.77. The maximum Gasteiger partial charge on any atom is 0.271 e. The van der Waals surface area contributed by atoms with Crippen LogP contribution in [0.2, 0.25) is 0 Å². The average molecular weight is 366 g/mol. The number of anilines is 2. The molecule has 3 rings (SSSR count). The molecule has 6 nitrogen and oxygen atoms in total. The summed E-state index contributed by atoms with van der Waals surface area (Å²) in [5.74, 6) is -0.0970. The molecule has 0 bridgehead atoms. The first-order valence-electron chi connectivity index (χ1n) is 7.59. The standard InChI is InChI=1S/C16H18N2O4S2/c1-2-14-7-8-16(23-14)24(20,21)17-12-3-5-13(6-4-12)18-9-10-22-11-15(18)19/h3-8,17H,2,9-11H2,1H3. The first-order valence-corrected chi connectivity index (χ1v) is 9.89. The van der Waals surface area contributed by atoms with E-state index < -0.39 is 10.0 Å². The van der Waals surface area contributed by atoms with E-state index in [2.05, 4.69) is 4.72 Å². The molecule has 0 saturated carbocycles. The van der Waals surface area contributed by atoms with E-state index in [0.717, 1.165) is 17.0 Å². The van der Waals surface area contributed by atoms with Gasteiger partial charge < -0.3 is 9.64 Å². The van der Waals surface area contributed by atoms with Crippen molar-refractivity contribution in [2.24, 2.45) is 0 Å². The van der Waals surface area contributed by atoms with Crippen LogP contribution in [0.5, 0.6) is 0 Å². The molecule has 1 fully saturated rings. The number of hydrogen-bond acceptors (Lipinski definition) is 5. The highest BCUT2D eigenvalue weighted by atomic mass is 32.2. The zero-order valence-electron chi connectivity index (χ0n) is 13.2. The van der Waals surface area contributed by atoms with E-state index in [1.807, 2.05) is 13.0 Å². The van der Waals surface area contributed by atoms with Crippen molar-refractivity contribution < 1.29 is 17.9 Å². The number of sulfonamides is 1. The van der Waals surface area contributed by atoms with E-state index in [1.54, 1.807) is 35.2 Å². The summed E-state index contributed by atoms with van der Waals surface area (Å²) < 4.78 is 32.7. The van der Waals surface area contributed by atoms with E-state index in [9.17, 15) is 13.2 Å². The molecule has 0 radical (unpaired) electrons. The minimum Gasteiger partial charge on any atom is -0.370 e. The fraction of sp³-hybridized carbons (Fsp3) is 0.312. The Morgan fingerprint density at radius 2 is 1.96 bits per heavy atom. The first kappa shape index (κ1) is 16.9. The van der Waals surface area contributed by atoms with E-state index in [1.165, 1.54) is 11.3 Å². The first-order chi connectivity index (χ1) is 11.5. The molecule has 0 unspecified atom stereocenters. The van der Waals surface area contributed by atoms with Crippen molar-refractivity contribution in [1.29, 1.82) is 0 Å². The van der Waals surface area contributed by atoms with E-state index in [-0.39, 0.29) is 12.5 Å². The van der Waals surface area contributed by atoms with Gasteiger partial charge in [-0.3, -0.25) is 9.52 Å².